The molecule has 0 saturated heterocycles. The molecule has 2 nitrogen and oxygen atoms in total. The zero-order valence-electron chi connectivity index (χ0n) is 14.3. The Balaban J connectivity index is 1.63. The summed E-state index contributed by atoms with van der Waals surface area (Å²) >= 11 is 0. The van der Waals surface area contributed by atoms with Crippen molar-refractivity contribution in [1.82, 2.24) is 0 Å². The van der Waals surface area contributed by atoms with Gasteiger partial charge in [-0.1, -0.05) is 84.9 Å². The first-order valence-corrected chi connectivity index (χ1v) is 10.3. The Kier molecular flexibility index (Phi) is 3.88. The molecular formula is C22H18BN2P. The lowest BCUT2D eigenvalue weighted by Gasteiger charge is -2.32. The van der Waals surface area contributed by atoms with Crippen molar-refractivity contribution in [2.45, 2.75) is 0 Å². The van der Waals surface area contributed by atoms with Crippen LogP contribution in [0.15, 0.2) is 97.1 Å². The van der Waals surface area contributed by atoms with Gasteiger partial charge in [0.2, 0.25) is 0 Å². The van der Waals surface area contributed by atoms with Gasteiger partial charge in [-0.05, 0) is 35.9 Å². The smallest absolute Gasteiger partial charge is 0.404 e. The third-order valence-electron chi connectivity index (χ3n) is 4.82. The molecule has 0 aliphatic carbocycles. The number of hydrogen-bond donors (Lipinski definition) is 2. The summed E-state index contributed by atoms with van der Waals surface area (Å²) in [5.74, 6) is 0. The standard InChI is InChI=1S/C22H18BN2P/c1-3-11-18(12-4-1)26(19-13-5-2-6-14-19)23-24-20-15-7-9-17-10-8-16-21(25-23)22(17)20/h1-16,24-25H. The Hall–Kier alpha value is -2.77. The average Bonchev–Trinajstić information content (AvgIpc) is 2.70. The van der Waals surface area contributed by atoms with Gasteiger partial charge in [0.15, 0.2) is 0 Å². The SMILES string of the molecule is c1ccc(P(B2Nc3cccc4cccc(c34)N2)c2ccccc2)cc1. The fourth-order valence-electron chi connectivity index (χ4n) is 3.67. The third-order valence-corrected chi connectivity index (χ3v) is 7.30. The van der Waals surface area contributed by atoms with E-state index in [1.54, 1.807) is 0 Å². The first-order valence-electron chi connectivity index (χ1n) is 8.84. The third kappa shape index (κ3) is 2.65. The highest BCUT2D eigenvalue weighted by Crippen LogP contribution is 2.43. The minimum atomic E-state index is -0.599. The van der Waals surface area contributed by atoms with E-state index in [0.29, 0.717) is 0 Å². The summed E-state index contributed by atoms with van der Waals surface area (Å²) in [7, 11) is -0.599. The molecule has 0 unspecified atom stereocenters. The lowest BCUT2D eigenvalue weighted by molar-refractivity contribution is 1.63. The van der Waals surface area contributed by atoms with Gasteiger partial charge in [0.1, 0.15) is 0 Å². The second kappa shape index (κ2) is 6.51. The average molecular weight is 352 g/mol. The van der Waals surface area contributed by atoms with Crippen LogP contribution in [0.4, 0.5) is 11.4 Å². The van der Waals surface area contributed by atoms with Crippen molar-refractivity contribution >= 4 is 47.3 Å². The second-order valence-corrected chi connectivity index (χ2v) is 8.73. The summed E-state index contributed by atoms with van der Waals surface area (Å²) in [4.78, 5) is 0. The van der Waals surface area contributed by atoms with E-state index in [-0.39, 0.29) is 6.70 Å². The number of rotatable bonds is 3. The molecule has 26 heavy (non-hydrogen) atoms. The molecular weight excluding hydrogens is 334 g/mol. The van der Waals surface area contributed by atoms with Crippen molar-refractivity contribution < 1.29 is 0 Å². The Morgan fingerprint density at radius 1 is 0.538 bits per heavy atom. The van der Waals surface area contributed by atoms with Crippen molar-refractivity contribution in [2.24, 2.45) is 0 Å². The summed E-state index contributed by atoms with van der Waals surface area (Å²) in [6.45, 7) is 0.148. The van der Waals surface area contributed by atoms with Crippen LogP contribution in [0, 0.1) is 0 Å². The lowest BCUT2D eigenvalue weighted by atomic mass is 9.96. The van der Waals surface area contributed by atoms with Gasteiger partial charge in [-0.15, -0.1) is 0 Å². The van der Waals surface area contributed by atoms with Gasteiger partial charge < -0.3 is 10.5 Å². The molecule has 1 aliphatic heterocycles. The van der Waals surface area contributed by atoms with E-state index in [4.69, 9.17) is 0 Å². The number of anilines is 2. The summed E-state index contributed by atoms with van der Waals surface area (Å²) in [6.07, 6.45) is 0. The molecule has 2 N–H and O–H groups in total. The van der Waals surface area contributed by atoms with Gasteiger partial charge in [-0.25, -0.2) is 0 Å². The Morgan fingerprint density at radius 2 is 1.04 bits per heavy atom. The van der Waals surface area contributed by atoms with Crippen LogP contribution in [-0.2, 0) is 0 Å². The zero-order valence-corrected chi connectivity index (χ0v) is 15.2. The summed E-state index contributed by atoms with van der Waals surface area (Å²) in [5, 5.41) is 12.8. The molecule has 0 saturated carbocycles. The van der Waals surface area contributed by atoms with Gasteiger partial charge in [-0.3, -0.25) is 0 Å². The number of hydrogen-bond acceptors (Lipinski definition) is 2. The monoisotopic (exact) mass is 352 g/mol. The Labute approximate surface area is 155 Å². The molecule has 0 fully saturated rings. The van der Waals surface area contributed by atoms with Crippen LogP contribution in [0.25, 0.3) is 10.8 Å². The van der Waals surface area contributed by atoms with E-state index in [1.807, 2.05) is 0 Å². The van der Waals surface area contributed by atoms with Crippen LogP contribution in [-0.4, -0.2) is 6.70 Å². The van der Waals surface area contributed by atoms with Gasteiger partial charge >= 0.3 is 6.70 Å². The maximum Gasteiger partial charge on any atom is 0.408 e. The summed E-state index contributed by atoms with van der Waals surface area (Å²) in [6, 6.07) is 34.6. The van der Waals surface area contributed by atoms with Crippen LogP contribution in [0.3, 0.4) is 0 Å². The molecule has 0 amide bonds. The molecule has 1 aliphatic rings. The lowest BCUT2D eigenvalue weighted by Crippen LogP contribution is -2.41. The fraction of sp³-hybridized carbons (Fsp3) is 0. The predicted molar refractivity (Wildman–Crippen MR) is 116 cm³/mol. The molecule has 0 aromatic heterocycles. The zero-order chi connectivity index (χ0) is 17.3. The second-order valence-electron chi connectivity index (χ2n) is 6.44. The molecule has 5 rings (SSSR count). The minimum Gasteiger partial charge on any atom is -0.404 e. The van der Waals surface area contributed by atoms with Crippen molar-refractivity contribution in [3.05, 3.63) is 97.1 Å². The van der Waals surface area contributed by atoms with Gasteiger partial charge in [0.25, 0.3) is 0 Å². The van der Waals surface area contributed by atoms with Crippen LogP contribution >= 0.6 is 7.80 Å². The van der Waals surface area contributed by atoms with Crippen molar-refractivity contribution in [1.29, 1.82) is 0 Å². The van der Waals surface area contributed by atoms with Gasteiger partial charge in [-0.2, -0.15) is 0 Å². The molecule has 124 valence electrons. The van der Waals surface area contributed by atoms with Crippen molar-refractivity contribution in [3.63, 3.8) is 0 Å². The Bertz CT molecular complexity index is 973. The summed E-state index contributed by atoms with van der Waals surface area (Å²) in [5.41, 5.74) is 2.42. The summed E-state index contributed by atoms with van der Waals surface area (Å²) < 4.78 is 0. The first kappa shape index (κ1) is 15.5. The molecule has 0 radical (unpaired) electrons. The van der Waals surface area contributed by atoms with Gasteiger partial charge in [0.05, 0.1) is 0 Å². The Morgan fingerprint density at radius 3 is 1.54 bits per heavy atom. The number of benzene rings is 4. The highest BCUT2D eigenvalue weighted by atomic mass is 31.1. The molecule has 0 atom stereocenters. The first-order chi connectivity index (χ1) is 12.9. The minimum absolute atomic E-state index is 0.148. The van der Waals surface area contributed by atoms with E-state index < -0.39 is 7.80 Å². The normalized spacial score (nSPS) is 12.7. The highest BCUT2D eigenvalue weighted by Gasteiger charge is 2.33. The largest absolute Gasteiger partial charge is 0.408 e. The van der Waals surface area contributed by atoms with E-state index >= 15 is 0 Å². The van der Waals surface area contributed by atoms with E-state index in [1.165, 1.54) is 32.8 Å². The fourth-order valence-corrected chi connectivity index (χ4v) is 6.08. The highest BCUT2D eigenvalue weighted by molar-refractivity contribution is 8.01. The molecule has 0 bridgehead atoms. The van der Waals surface area contributed by atoms with Gasteiger partial charge in [0, 0.05) is 16.8 Å². The maximum absolute atomic E-state index is 3.78. The molecule has 1 heterocycles. The number of nitrogens with one attached hydrogen (secondary N) is 2. The maximum atomic E-state index is 3.78. The predicted octanol–water partition coefficient (Wildman–Crippen LogP) is 4.80. The molecule has 4 aromatic rings. The van der Waals surface area contributed by atoms with Crippen LogP contribution in [0.5, 0.6) is 0 Å². The van der Waals surface area contributed by atoms with Crippen LogP contribution < -0.4 is 21.1 Å². The van der Waals surface area contributed by atoms with E-state index in [2.05, 4.69) is 108 Å². The van der Waals surface area contributed by atoms with Crippen molar-refractivity contribution in [3.8, 4) is 0 Å². The quantitative estimate of drug-likeness (QED) is 0.409. The van der Waals surface area contributed by atoms with Crippen LogP contribution in [0.2, 0.25) is 0 Å². The van der Waals surface area contributed by atoms with E-state index in [9.17, 15) is 0 Å². The molecule has 0 spiro atoms. The molecule has 4 heteroatoms. The van der Waals surface area contributed by atoms with Crippen LogP contribution in [0.1, 0.15) is 0 Å². The van der Waals surface area contributed by atoms with E-state index in [0.717, 1.165) is 0 Å². The molecule has 4 aromatic carbocycles. The van der Waals surface area contributed by atoms with Crippen molar-refractivity contribution in [2.75, 3.05) is 10.5 Å². The topological polar surface area (TPSA) is 24.1 Å².